The van der Waals surface area contributed by atoms with Crippen LogP contribution in [0.15, 0.2) is 78.8 Å². The molecule has 0 bridgehead atoms. The Kier molecular flexibility index (Phi) is 5.39. The van der Waals surface area contributed by atoms with Crippen molar-refractivity contribution in [3.63, 3.8) is 0 Å². The van der Waals surface area contributed by atoms with Gasteiger partial charge >= 0.3 is 5.97 Å². The maximum absolute atomic E-state index is 13.0. The Morgan fingerprint density at radius 2 is 1.75 bits per heavy atom. The van der Waals surface area contributed by atoms with E-state index in [1.54, 1.807) is 6.07 Å². The van der Waals surface area contributed by atoms with Crippen LogP contribution in [0.1, 0.15) is 35.2 Å². The molecule has 162 valence electrons. The number of esters is 1. The molecule has 1 heterocycles. The monoisotopic (exact) mass is 428 g/mol. The molecule has 0 saturated heterocycles. The number of carbonyl (C=O) groups excluding carboxylic acids is 2. The fourth-order valence-corrected chi connectivity index (χ4v) is 4.49. The number of hydrogen-bond acceptors (Lipinski definition) is 5. The van der Waals surface area contributed by atoms with Crippen LogP contribution in [0, 0.1) is 12.8 Å². The number of benzene rings is 3. The summed E-state index contributed by atoms with van der Waals surface area (Å²) >= 11 is 0. The second-order valence-corrected chi connectivity index (χ2v) is 8.39. The van der Waals surface area contributed by atoms with Crippen LogP contribution in [0.25, 0.3) is 10.8 Å². The Balaban J connectivity index is 1.25. The maximum atomic E-state index is 13.0. The highest BCUT2D eigenvalue weighted by Gasteiger charge is 2.42. The number of aryl methyl sites for hydroxylation is 1. The summed E-state index contributed by atoms with van der Waals surface area (Å²) in [4.78, 5) is 25.6. The first-order valence-corrected chi connectivity index (χ1v) is 10.9. The van der Waals surface area contributed by atoms with Crippen molar-refractivity contribution in [1.82, 2.24) is 0 Å². The van der Waals surface area contributed by atoms with Gasteiger partial charge in [0.2, 0.25) is 11.5 Å². The Morgan fingerprint density at radius 1 is 0.969 bits per heavy atom. The largest absolute Gasteiger partial charge is 0.493 e. The molecule has 5 rings (SSSR count). The molecule has 1 aliphatic heterocycles. The SMILES string of the molecule is Cc1ccccc1C(=O)OC1CCC2C(=O)C(Oc3ccc4ccccc4c3)=COC2C1. The Labute approximate surface area is 186 Å². The minimum Gasteiger partial charge on any atom is -0.493 e. The van der Waals surface area contributed by atoms with Crippen LogP contribution < -0.4 is 4.74 Å². The van der Waals surface area contributed by atoms with Crippen LogP contribution in [-0.4, -0.2) is 24.0 Å². The van der Waals surface area contributed by atoms with Crippen molar-refractivity contribution in [3.05, 3.63) is 89.9 Å². The predicted octanol–water partition coefficient (Wildman–Crippen LogP) is 5.36. The van der Waals surface area contributed by atoms with E-state index >= 15 is 0 Å². The van der Waals surface area contributed by atoms with Crippen LogP contribution >= 0.6 is 0 Å². The maximum Gasteiger partial charge on any atom is 0.338 e. The normalized spacial score (nSPS) is 22.5. The first-order valence-electron chi connectivity index (χ1n) is 10.9. The van der Waals surface area contributed by atoms with Crippen molar-refractivity contribution in [2.75, 3.05) is 0 Å². The van der Waals surface area contributed by atoms with Gasteiger partial charge in [-0.2, -0.15) is 0 Å². The molecule has 3 aromatic rings. The lowest BCUT2D eigenvalue weighted by Crippen LogP contribution is -2.43. The van der Waals surface area contributed by atoms with Crippen molar-refractivity contribution in [3.8, 4) is 5.75 Å². The van der Waals surface area contributed by atoms with Gasteiger partial charge in [-0.05, 0) is 54.3 Å². The van der Waals surface area contributed by atoms with E-state index in [-0.39, 0.29) is 35.6 Å². The second-order valence-electron chi connectivity index (χ2n) is 8.39. The molecule has 1 saturated carbocycles. The van der Waals surface area contributed by atoms with Gasteiger partial charge in [0.05, 0.1) is 11.5 Å². The van der Waals surface area contributed by atoms with Gasteiger partial charge in [0.25, 0.3) is 0 Å². The van der Waals surface area contributed by atoms with Gasteiger partial charge in [-0.15, -0.1) is 0 Å². The molecule has 0 N–H and O–H groups in total. The molecule has 1 aliphatic carbocycles. The summed E-state index contributed by atoms with van der Waals surface area (Å²) in [5.74, 6) is 0.148. The van der Waals surface area contributed by atoms with E-state index < -0.39 is 0 Å². The molecular weight excluding hydrogens is 404 g/mol. The summed E-state index contributed by atoms with van der Waals surface area (Å²) in [5.41, 5.74) is 1.45. The van der Waals surface area contributed by atoms with Gasteiger partial charge < -0.3 is 14.2 Å². The van der Waals surface area contributed by atoms with Gasteiger partial charge in [0.15, 0.2) is 0 Å². The zero-order chi connectivity index (χ0) is 22.1. The highest BCUT2D eigenvalue weighted by atomic mass is 16.6. The molecule has 32 heavy (non-hydrogen) atoms. The molecule has 1 fully saturated rings. The van der Waals surface area contributed by atoms with E-state index in [0.717, 1.165) is 16.3 Å². The van der Waals surface area contributed by atoms with Crippen molar-refractivity contribution in [2.24, 2.45) is 5.92 Å². The second kappa shape index (κ2) is 8.50. The lowest BCUT2D eigenvalue weighted by Gasteiger charge is -2.36. The van der Waals surface area contributed by atoms with Crippen molar-refractivity contribution < 1.29 is 23.8 Å². The smallest absolute Gasteiger partial charge is 0.338 e. The third kappa shape index (κ3) is 3.98. The minimum atomic E-state index is -0.329. The summed E-state index contributed by atoms with van der Waals surface area (Å²) < 4.78 is 17.5. The molecule has 3 unspecified atom stereocenters. The summed E-state index contributed by atoms with van der Waals surface area (Å²) in [6.07, 6.45) is 2.53. The Bertz CT molecular complexity index is 1210. The third-order valence-electron chi connectivity index (χ3n) is 6.26. The number of carbonyl (C=O) groups is 2. The van der Waals surface area contributed by atoms with E-state index in [9.17, 15) is 9.59 Å². The van der Waals surface area contributed by atoms with E-state index in [0.29, 0.717) is 30.6 Å². The lowest BCUT2D eigenvalue weighted by atomic mass is 9.80. The lowest BCUT2D eigenvalue weighted by molar-refractivity contribution is -0.132. The van der Waals surface area contributed by atoms with Gasteiger partial charge in [0, 0.05) is 6.42 Å². The quantitative estimate of drug-likeness (QED) is 0.524. The number of rotatable bonds is 4. The molecule has 0 amide bonds. The Morgan fingerprint density at radius 3 is 2.59 bits per heavy atom. The fourth-order valence-electron chi connectivity index (χ4n) is 4.49. The van der Waals surface area contributed by atoms with Gasteiger partial charge in [-0.3, -0.25) is 4.79 Å². The average Bonchev–Trinajstić information content (AvgIpc) is 2.81. The molecule has 0 radical (unpaired) electrons. The molecule has 5 heteroatoms. The number of ketones is 1. The molecule has 0 aromatic heterocycles. The standard InChI is InChI=1S/C27H24O5/c1-17-6-2-5-9-22(17)27(29)32-21-12-13-23-24(15-21)30-16-25(26(23)28)31-20-11-10-18-7-3-4-8-19(18)14-20/h2-11,14,16,21,23-24H,12-13,15H2,1H3. The van der Waals surface area contributed by atoms with Crippen LogP contribution in [0.2, 0.25) is 0 Å². The van der Waals surface area contributed by atoms with E-state index in [4.69, 9.17) is 14.2 Å². The van der Waals surface area contributed by atoms with E-state index in [1.807, 2.05) is 67.6 Å². The zero-order valence-corrected chi connectivity index (χ0v) is 17.8. The molecule has 3 aromatic carbocycles. The number of allylic oxidation sites excluding steroid dienone is 1. The van der Waals surface area contributed by atoms with Gasteiger partial charge in [0.1, 0.15) is 24.2 Å². The average molecular weight is 428 g/mol. The number of Topliss-reactive ketones (excluding diaryl/α,β-unsaturated/α-hetero) is 1. The highest BCUT2D eigenvalue weighted by molar-refractivity contribution is 5.97. The molecule has 5 nitrogen and oxygen atoms in total. The number of fused-ring (bicyclic) bond motifs is 2. The van der Waals surface area contributed by atoms with Crippen LogP contribution in [-0.2, 0) is 14.3 Å². The van der Waals surface area contributed by atoms with Crippen molar-refractivity contribution >= 4 is 22.5 Å². The minimum absolute atomic E-state index is 0.0573. The van der Waals surface area contributed by atoms with E-state index in [1.165, 1.54) is 6.26 Å². The topological polar surface area (TPSA) is 61.8 Å². The summed E-state index contributed by atoms with van der Waals surface area (Å²) in [6.45, 7) is 1.89. The van der Waals surface area contributed by atoms with Crippen LogP contribution in [0.5, 0.6) is 5.75 Å². The fraction of sp³-hybridized carbons (Fsp3) is 0.259. The Hall–Kier alpha value is -3.60. The van der Waals surface area contributed by atoms with Crippen LogP contribution in [0.4, 0.5) is 0 Å². The molecular formula is C27H24O5. The summed E-state index contributed by atoms with van der Waals surface area (Å²) in [5, 5.41) is 2.15. The van der Waals surface area contributed by atoms with Crippen molar-refractivity contribution in [2.45, 2.75) is 38.4 Å². The number of hydrogen-bond donors (Lipinski definition) is 0. The van der Waals surface area contributed by atoms with Gasteiger partial charge in [-0.1, -0.05) is 48.5 Å². The zero-order valence-electron chi connectivity index (χ0n) is 17.8. The first kappa shape index (κ1) is 20.3. The van der Waals surface area contributed by atoms with Gasteiger partial charge in [-0.25, -0.2) is 4.79 Å². The molecule has 3 atom stereocenters. The summed E-state index contributed by atoms with van der Waals surface area (Å²) in [7, 11) is 0. The predicted molar refractivity (Wildman–Crippen MR) is 120 cm³/mol. The third-order valence-corrected chi connectivity index (χ3v) is 6.26. The molecule has 0 spiro atoms. The molecule has 2 aliphatic rings. The van der Waals surface area contributed by atoms with Crippen molar-refractivity contribution in [1.29, 1.82) is 0 Å². The first-order chi connectivity index (χ1) is 15.6. The highest BCUT2D eigenvalue weighted by Crippen LogP contribution is 2.35. The van der Waals surface area contributed by atoms with Crippen LogP contribution in [0.3, 0.4) is 0 Å². The van der Waals surface area contributed by atoms with E-state index in [2.05, 4.69) is 0 Å². The summed E-state index contributed by atoms with van der Waals surface area (Å²) in [6, 6.07) is 21.1. The number of ether oxygens (including phenoxy) is 3.